The van der Waals surface area contributed by atoms with Gasteiger partial charge in [-0.05, 0) is 48.6 Å². The summed E-state index contributed by atoms with van der Waals surface area (Å²) in [6, 6.07) is 10.4. The fourth-order valence-corrected chi connectivity index (χ4v) is 4.13. The molecule has 152 valence electrons. The van der Waals surface area contributed by atoms with E-state index in [9.17, 15) is 0 Å². The molecule has 0 radical (unpaired) electrons. The maximum atomic E-state index is 5.39. The summed E-state index contributed by atoms with van der Waals surface area (Å²) < 4.78 is 10.7. The molecule has 1 fully saturated rings. The molecule has 1 aromatic carbocycles. The predicted octanol–water partition coefficient (Wildman–Crippen LogP) is 3.10. The van der Waals surface area contributed by atoms with Gasteiger partial charge in [-0.1, -0.05) is 6.07 Å². The highest BCUT2D eigenvalue weighted by Gasteiger charge is 2.20. The molecule has 2 aromatic rings. The number of benzene rings is 1. The summed E-state index contributed by atoms with van der Waals surface area (Å²) in [5, 5.41) is 6.94. The highest BCUT2D eigenvalue weighted by atomic mass is 32.1. The second-order valence-corrected chi connectivity index (χ2v) is 7.53. The molecule has 6 nitrogen and oxygen atoms in total. The maximum Gasteiger partial charge on any atom is 0.194 e. The number of aliphatic imine (C=N–C) groups is 1. The highest BCUT2D eigenvalue weighted by molar-refractivity contribution is 7.14. The predicted molar refractivity (Wildman–Crippen MR) is 117 cm³/mol. The Morgan fingerprint density at radius 3 is 2.54 bits per heavy atom. The number of piperazine rings is 1. The minimum Gasteiger partial charge on any atom is -0.493 e. The highest BCUT2D eigenvalue weighted by Crippen LogP contribution is 2.27. The van der Waals surface area contributed by atoms with E-state index in [1.165, 1.54) is 10.6 Å². The van der Waals surface area contributed by atoms with Crippen LogP contribution in [0.4, 0.5) is 5.00 Å². The molecule has 0 bridgehead atoms. The van der Waals surface area contributed by atoms with Crippen LogP contribution in [0.5, 0.6) is 11.5 Å². The summed E-state index contributed by atoms with van der Waals surface area (Å²) in [6.07, 6.45) is 0.865. The Kier molecular flexibility index (Phi) is 7.42. The number of hydrogen-bond donors (Lipinski definition) is 1. The molecule has 1 aromatic heterocycles. The van der Waals surface area contributed by atoms with Crippen molar-refractivity contribution >= 4 is 22.3 Å². The zero-order valence-electron chi connectivity index (χ0n) is 17.0. The van der Waals surface area contributed by atoms with E-state index in [0.717, 1.165) is 63.1 Å². The number of nitrogens with one attached hydrogen (secondary N) is 1. The quantitative estimate of drug-likeness (QED) is 0.570. The van der Waals surface area contributed by atoms with Crippen LogP contribution in [0, 0.1) is 0 Å². The lowest BCUT2D eigenvalue weighted by molar-refractivity contribution is 0.354. The van der Waals surface area contributed by atoms with Crippen LogP contribution in [0.3, 0.4) is 0 Å². The molecule has 0 saturated carbocycles. The Labute approximate surface area is 171 Å². The number of methoxy groups -OCH3 is 2. The smallest absolute Gasteiger partial charge is 0.194 e. The van der Waals surface area contributed by atoms with E-state index in [4.69, 9.17) is 14.5 Å². The van der Waals surface area contributed by atoms with Gasteiger partial charge < -0.3 is 24.6 Å². The van der Waals surface area contributed by atoms with Crippen molar-refractivity contribution in [2.24, 2.45) is 4.99 Å². The van der Waals surface area contributed by atoms with Crippen LogP contribution in [0.1, 0.15) is 12.5 Å². The minimum atomic E-state index is 0.739. The number of rotatable bonds is 7. The van der Waals surface area contributed by atoms with Gasteiger partial charge in [-0.2, -0.15) is 0 Å². The number of guanidine groups is 1. The Morgan fingerprint density at radius 2 is 1.89 bits per heavy atom. The van der Waals surface area contributed by atoms with E-state index in [-0.39, 0.29) is 0 Å². The topological polar surface area (TPSA) is 49.3 Å². The number of anilines is 1. The van der Waals surface area contributed by atoms with Gasteiger partial charge in [0.2, 0.25) is 0 Å². The van der Waals surface area contributed by atoms with Crippen molar-refractivity contribution in [3.63, 3.8) is 0 Å². The first-order valence-electron chi connectivity index (χ1n) is 9.77. The monoisotopic (exact) mass is 402 g/mol. The van der Waals surface area contributed by atoms with Gasteiger partial charge in [-0.3, -0.25) is 4.99 Å². The van der Waals surface area contributed by atoms with E-state index >= 15 is 0 Å². The number of ether oxygens (including phenoxy) is 2. The fraction of sp³-hybridized carbons (Fsp3) is 0.476. The molecule has 0 unspecified atom stereocenters. The third kappa shape index (κ3) is 5.10. The van der Waals surface area contributed by atoms with Crippen LogP contribution in [0.25, 0.3) is 0 Å². The number of nitrogens with zero attached hydrogens (tertiary/aromatic N) is 3. The molecule has 1 N–H and O–H groups in total. The van der Waals surface area contributed by atoms with Crippen molar-refractivity contribution in [3.05, 3.63) is 41.3 Å². The number of thiophene rings is 1. The third-order valence-electron chi connectivity index (χ3n) is 4.84. The Balaban J connectivity index is 1.57. The summed E-state index contributed by atoms with van der Waals surface area (Å²) in [6.45, 7) is 7.76. The van der Waals surface area contributed by atoms with Gasteiger partial charge in [0.25, 0.3) is 0 Å². The maximum absolute atomic E-state index is 5.39. The summed E-state index contributed by atoms with van der Waals surface area (Å²) in [7, 11) is 3.32. The normalized spacial score (nSPS) is 14.9. The Hall–Kier alpha value is -2.41. The summed E-state index contributed by atoms with van der Waals surface area (Å²) >= 11 is 1.81. The molecule has 0 aliphatic carbocycles. The zero-order valence-corrected chi connectivity index (χ0v) is 17.8. The van der Waals surface area contributed by atoms with Crippen molar-refractivity contribution < 1.29 is 9.47 Å². The summed E-state index contributed by atoms with van der Waals surface area (Å²) in [5.41, 5.74) is 1.19. The zero-order chi connectivity index (χ0) is 19.8. The van der Waals surface area contributed by atoms with E-state index in [0.29, 0.717) is 0 Å². The molecule has 2 heterocycles. The summed E-state index contributed by atoms with van der Waals surface area (Å²) in [4.78, 5) is 9.68. The van der Waals surface area contributed by atoms with Crippen LogP contribution in [0.15, 0.2) is 40.7 Å². The number of hydrogen-bond acceptors (Lipinski definition) is 5. The second-order valence-electron chi connectivity index (χ2n) is 6.60. The molecule has 0 amide bonds. The molecule has 0 spiro atoms. The molecule has 1 aliphatic heterocycles. The van der Waals surface area contributed by atoms with E-state index in [1.54, 1.807) is 14.2 Å². The molecule has 28 heavy (non-hydrogen) atoms. The van der Waals surface area contributed by atoms with Gasteiger partial charge in [0.1, 0.15) is 0 Å². The van der Waals surface area contributed by atoms with Crippen molar-refractivity contribution in [1.29, 1.82) is 0 Å². The first-order valence-corrected chi connectivity index (χ1v) is 10.7. The molecular formula is C21H30N4O2S. The Bertz CT molecular complexity index is 756. The molecule has 0 atom stereocenters. The van der Waals surface area contributed by atoms with Crippen molar-refractivity contribution in [2.45, 2.75) is 13.3 Å². The van der Waals surface area contributed by atoms with E-state index in [2.05, 4.69) is 45.6 Å². The van der Waals surface area contributed by atoms with Crippen LogP contribution >= 0.6 is 11.3 Å². The fourth-order valence-electron chi connectivity index (χ4n) is 3.34. The lowest BCUT2D eigenvalue weighted by Crippen LogP contribution is -2.52. The molecule has 1 aliphatic rings. The van der Waals surface area contributed by atoms with Crippen molar-refractivity contribution in [1.82, 2.24) is 10.2 Å². The summed E-state index contributed by atoms with van der Waals surface area (Å²) in [5.74, 6) is 2.53. The molecule has 3 rings (SSSR count). The lowest BCUT2D eigenvalue weighted by atomic mass is 10.1. The van der Waals surface area contributed by atoms with Gasteiger partial charge in [0.05, 0.1) is 19.2 Å². The van der Waals surface area contributed by atoms with E-state index < -0.39 is 0 Å². The standard InChI is InChI=1S/C21H30N4O2S/c1-4-22-21(25-13-11-24(12-14-25)20-6-5-15-28-20)23-10-9-17-7-8-18(26-2)19(16-17)27-3/h5-8,15-16H,4,9-14H2,1-3H3,(H,22,23). The van der Waals surface area contributed by atoms with Gasteiger partial charge in [0, 0.05) is 39.3 Å². The van der Waals surface area contributed by atoms with Crippen LogP contribution < -0.4 is 19.7 Å². The molecule has 7 heteroatoms. The molecular weight excluding hydrogens is 372 g/mol. The Morgan fingerprint density at radius 1 is 1.11 bits per heavy atom. The van der Waals surface area contributed by atoms with Gasteiger partial charge >= 0.3 is 0 Å². The average molecular weight is 403 g/mol. The third-order valence-corrected chi connectivity index (χ3v) is 5.77. The van der Waals surface area contributed by atoms with E-state index in [1.807, 2.05) is 23.5 Å². The molecule has 1 saturated heterocycles. The SMILES string of the molecule is CCNC(=NCCc1ccc(OC)c(OC)c1)N1CCN(c2cccs2)CC1. The van der Waals surface area contributed by atoms with Gasteiger partial charge in [-0.15, -0.1) is 11.3 Å². The van der Waals surface area contributed by atoms with Crippen LogP contribution in [-0.4, -0.2) is 64.3 Å². The van der Waals surface area contributed by atoms with Crippen LogP contribution in [0.2, 0.25) is 0 Å². The largest absolute Gasteiger partial charge is 0.493 e. The average Bonchev–Trinajstić information content (AvgIpc) is 3.28. The van der Waals surface area contributed by atoms with Crippen molar-refractivity contribution in [3.8, 4) is 11.5 Å². The lowest BCUT2D eigenvalue weighted by Gasteiger charge is -2.37. The van der Waals surface area contributed by atoms with Gasteiger partial charge in [-0.25, -0.2) is 0 Å². The first-order chi connectivity index (χ1) is 13.7. The van der Waals surface area contributed by atoms with Crippen molar-refractivity contribution in [2.75, 3.05) is 58.4 Å². The first kappa shape index (κ1) is 20.3. The van der Waals surface area contributed by atoms with Crippen LogP contribution in [-0.2, 0) is 6.42 Å². The van der Waals surface area contributed by atoms with Gasteiger partial charge in [0.15, 0.2) is 17.5 Å². The second kappa shape index (κ2) is 10.2. The minimum absolute atomic E-state index is 0.739.